The molecule has 0 saturated heterocycles. The Balaban J connectivity index is 3.47. The number of para-hydroxylation sites is 1. The summed E-state index contributed by atoms with van der Waals surface area (Å²) in [6.07, 6.45) is 0. The Morgan fingerprint density at radius 1 is 1.33 bits per heavy atom. The summed E-state index contributed by atoms with van der Waals surface area (Å²) in [6, 6.07) is 3.96. The van der Waals surface area contributed by atoms with E-state index in [4.69, 9.17) is 9.66 Å². The van der Waals surface area contributed by atoms with E-state index in [9.17, 15) is 8.42 Å². The molecule has 0 fully saturated rings. The van der Waals surface area contributed by atoms with Crippen molar-refractivity contribution in [3.05, 3.63) is 22.7 Å². The first-order valence-corrected chi connectivity index (χ1v) is 5.11. The second kappa shape index (κ2) is 3.04. The Kier molecular flexibility index (Phi) is 2.41. The maximum atomic E-state index is 10.6. The number of rotatable bonds is 1. The Hall–Kier alpha value is -0.590. The van der Waals surface area contributed by atoms with Gasteiger partial charge in [0.15, 0.2) is 5.75 Å². The first kappa shape index (κ1) is 9.50. The molecular formula is C6H5BrO4S. The molecule has 0 heterocycles. The minimum Gasteiger partial charge on any atom is -0.505 e. The van der Waals surface area contributed by atoms with Gasteiger partial charge in [-0.15, -0.1) is 0 Å². The van der Waals surface area contributed by atoms with Crippen LogP contribution in [0.5, 0.6) is 5.75 Å². The lowest BCUT2D eigenvalue weighted by molar-refractivity contribution is 0.440. The molecule has 0 spiro atoms. The third-order valence-corrected chi connectivity index (χ3v) is 2.75. The highest BCUT2D eigenvalue weighted by molar-refractivity contribution is 9.10. The van der Waals surface area contributed by atoms with E-state index in [2.05, 4.69) is 15.9 Å². The van der Waals surface area contributed by atoms with E-state index in [1.165, 1.54) is 12.1 Å². The number of phenols is 1. The molecule has 2 N–H and O–H groups in total. The Morgan fingerprint density at radius 3 is 2.33 bits per heavy atom. The van der Waals surface area contributed by atoms with Crippen molar-refractivity contribution < 1.29 is 18.1 Å². The lowest BCUT2D eigenvalue weighted by atomic mass is 10.3. The van der Waals surface area contributed by atoms with Crippen LogP contribution in [-0.4, -0.2) is 18.1 Å². The maximum absolute atomic E-state index is 10.6. The molecule has 0 aliphatic heterocycles. The van der Waals surface area contributed by atoms with Crippen LogP contribution in [0.25, 0.3) is 0 Å². The quantitative estimate of drug-likeness (QED) is 0.742. The SMILES string of the molecule is O=S(=O)(O)c1cccc(Br)c1O. The molecule has 0 aliphatic carbocycles. The predicted molar refractivity (Wildman–Crippen MR) is 45.6 cm³/mol. The first-order chi connectivity index (χ1) is 5.43. The van der Waals surface area contributed by atoms with E-state index in [1.54, 1.807) is 0 Å². The number of halogens is 1. The fourth-order valence-corrected chi connectivity index (χ4v) is 1.81. The van der Waals surface area contributed by atoms with Crippen molar-refractivity contribution in [2.45, 2.75) is 4.90 Å². The summed E-state index contributed by atoms with van der Waals surface area (Å²) in [5, 5.41) is 9.15. The van der Waals surface area contributed by atoms with Gasteiger partial charge in [-0.2, -0.15) is 8.42 Å². The molecule has 0 bridgehead atoms. The zero-order chi connectivity index (χ0) is 9.35. The van der Waals surface area contributed by atoms with Crippen LogP contribution in [0.1, 0.15) is 0 Å². The highest BCUT2D eigenvalue weighted by Gasteiger charge is 2.16. The van der Waals surface area contributed by atoms with Crippen LogP contribution in [0.3, 0.4) is 0 Å². The van der Waals surface area contributed by atoms with Crippen LogP contribution in [0, 0.1) is 0 Å². The van der Waals surface area contributed by atoms with Crippen LogP contribution in [-0.2, 0) is 10.1 Å². The van der Waals surface area contributed by atoms with Crippen LogP contribution >= 0.6 is 15.9 Å². The number of hydrogen-bond acceptors (Lipinski definition) is 3. The lowest BCUT2D eigenvalue weighted by Crippen LogP contribution is -1.98. The predicted octanol–water partition coefficient (Wildman–Crippen LogP) is 1.40. The molecule has 1 rings (SSSR count). The van der Waals surface area contributed by atoms with Crippen molar-refractivity contribution in [3.8, 4) is 5.75 Å². The van der Waals surface area contributed by atoms with Gasteiger partial charge in [-0.05, 0) is 28.1 Å². The average Bonchev–Trinajstić information content (AvgIpc) is 1.92. The summed E-state index contributed by atoms with van der Waals surface area (Å²) in [7, 11) is -4.34. The molecule has 1 aromatic rings. The average molecular weight is 253 g/mol. The van der Waals surface area contributed by atoms with E-state index in [0.29, 0.717) is 0 Å². The fourth-order valence-electron chi connectivity index (χ4n) is 0.704. The third-order valence-electron chi connectivity index (χ3n) is 1.23. The van der Waals surface area contributed by atoms with E-state index >= 15 is 0 Å². The molecule has 6 heteroatoms. The molecule has 4 nitrogen and oxygen atoms in total. The summed E-state index contributed by atoms with van der Waals surface area (Å²) >= 11 is 2.91. The largest absolute Gasteiger partial charge is 0.505 e. The molecule has 12 heavy (non-hydrogen) atoms. The van der Waals surface area contributed by atoms with Crippen LogP contribution in [0.4, 0.5) is 0 Å². The van der Waals surface area contributed by atoms with Gasteiger partial charge in [-0.1, -0.05) is 6.07 Å². The normalized spacial score (nSPS) is 11.5. The van der Waals surface area contributed by atoms with Crippen LogP contribution in [0.2, 0.25) is 0 Å². The van der Waals surface area contributed by atoms with Crippen molar-refractivity contribution in [2.24, 2.45) is 0 Å². The monoisotopic (exact) mass is 252 g/mol. The van der Waals surface area contributed by atoms with Gasteiger partial charge >= 0.3 is 0 Å². The van der Waals surface area contributed by atoms with Crippen molar-refractivity contribution in [1.82, 2.24) is 0 Å². The van der Waals surface area contributed by atoms with Gasteiger partial charge in [0.05, 0.1) is 4.47 Å². The molecule has 0 aromatic heterocycles. The molecule has 0 unspecified atom stereocenters. The number of hydrogen-bond donors (Lipinski definition) is 2. The molecule has 1 aromatic carbocycles. The Morgan fingerprint density at radius 2 is 1.92 bits per heavy atom. The van der Waals surface area contributed by atoms with Crippen molar-refractivity contribution in [1.29, 1.82) is 0 Å². The van der Waals surface area contributed by atoms with Crippen LogP contribution < -0.4 is 0 Å². The number of benzene rings is 1. The Bertz CT molecular complexity index is 398. The van der Waals surface area contributed by atoms with Gasteiger partial charge in [0.1, 0.15) is 4.90 Å². The Labute approximate surface area is 77.7 Å². The van der Waals surface area contributed by atoms with E-state index in [0.717, 1.165) is 6.07 Å². The third kappa shape index (κ3) is 1.77. The summed E-state index contributed by atoms with van der Waals surface area (Å²) in [5.74, 6) is -0.486. The smallest absolute Gasteiger partial charge is 0.298 e. The minimum absolute atomic E-state index is 0.220. The summed E-state index contributed by atoms with van der Waals surface area (Å²) in [5.41, 5.74) is 0. The van der Waals surface area contributed by atoms with Crippen molar-refractivity contribution in [2.75, 3.05) is 0 Å². The van der Waals surface area contributed by atoms with Gasteiger partial charge in [-0.3, -0.25) is 4.55 Å². The molecule has 0 radical (unpaired) electrons. The van der Waals surface area contributed by atoms with Gasteiger partial charge in [0.25, 0.3) is 10.1 Å². The summed E-state index contributed by atoms with van der Waals surface area (Å²) in [4.78, 5) is -0.503. The standard InChI is InChI=1S/C6H5BrO4S/c7-4-2-1-3-5(6(4)8)12(9,10)11/h1-3,8H,(H,9,10,11). The minimum atomic E-state index is -4.34. The molecular weight excluding hydrogens is 248 g/mol. The second-order valence-corrected chi connectivity index (χ2v) is 4.31. The molecule has 0 atom stereocenters. The topological polar surface area (TPSA) is 74.6 Å². The van der Waals surface area contributed by atoms with E-state index < -0.39 is 20.8 Å². The summed E-state index contributed by atoms with van der Waals surface area (Å²) < 4.78 is 30.0. The maximum Gasteiger partial charge on any atom is 0.298 e. The van der Waals surface area contributed by atoms with Gasteiger partial charge in [0.2, 0.25) is 0 Å². The van der Waals surface area contributed by atoms with Gasteiger partial charge in [0, 0.05) is 0 Å². The zero-order valence-electron chi connectivity index (χ0n) is 5.73. The highest BCUT2D eigenvalue weighted by Crippen LogP contribution is 2.30. The van der Waals surface area contributed by atoms with Gasteiger partial charge < -0.3 is 5.11 Å². The van der Waals surface area contributed by atoms with Crippen molar-refractivity contribution in [3.63, 3.8) is 0 Å². The van der Waals surface area contributed by atoms with Crippen LogP contribution in [0.15, 0.2) is 27.6 Å². The fraction of sp³-hybridized carbons (Fsp3) is 0. The molecule has 0 aliphatic rings. The van der Waals surface area contributed by atoms with E-state index in [1.807, 2.05) is 0 Å². The molecule has 66 valence electrons. The van der Waals surface area contributed by atoms with Gasteiger partial charge in [-0.25, -0.2) is 0 Å². The second-order valence-electron chi connectivity index (χ2n) is 2.06. The number of aromatic hydroxyl groups is 1. The number of phenolic OH excluding ortho intramolecular Hbond substituents is 1. The zero-order valence-corrected chi connectivity index (χ0v) is 8.13. The van der Waals surface area contributed by atoms with E-state index in [-0.39, 0.29) is 4.47 Å². The highest BCUT2D eigenvalue weighted by atomic mass is 79.9. The molecule has 0 saturated carbocycles. The first-order valence-electron chi connectivity index (χ1n) is 2.88. The lowest BCUT2D eigenvalue weighted by Gasteiger charge is -2.01. The van der Waals surface area contributed by atoms with Crippen molar-refractivity contribution >= 4 is 26.0 Å². The molecule has 0 amide bonds. The summed E-state index contributed by atoms with van der Waals surface area (Å²) in [6.45, 7) is 0.